The maximum atomic E-state index is 3.58. The number of hydrogen-bond acceptors (Lipinski definition) is 2. The minimum atomic E-state index is 0.502. The van der Waals surface area contributed by atoms with Gasteiger partial charge in [-0.1, -0.05) is 30.3 Å². The Morgan fingerprint density at radius 1 is 1.27 bits per heavy atom. The van der Waals surface area contributed by atoms with Crippen molar-refractivity contribution in [2.45, 2.75) is 25.9 Å². The first-order valence-corrected chi connectivity index (χ1v) is 5.80. The molecule has 0 amide bonds. The second-order valence-corrected chi connectivity index (χ2v) is 4.51. The summed E-state index contributed by atoms with van der Waals surface area (Å²) in [7, 11) is 0. The number of rotatable bonds is 2. The zero-order valence-corrected chi connectivity index (χ0v) is 9.61. The Balaban J connectivity index is 2.05. The Hall–Kier alpha value is -0.860. The highest BCUT2D eigenvalue weighted by Crippen LogP contribution is 2.17. The van der Waals surface area contributed by atoms with Gasteiger partial charge in [0, 0.05) is 31.7 Å². The summed E-state index contributed by atoms with van der Waals surface area (Å²) >= 11 is 0. The van der Waals surface area contributed by atoms with E-state index in [0.29, 0.717) is 12.1 Å². The van der Waals surface area contributed by atoms with Crippen molar-refractivity contribution >= 4 is 0 Å². The molecule has 1 aliphatic heterocycles. The second-order valence-electron chi connectivity index (χ2n) is 4.51. The molecule has 2 rings (SSSR count). The van der Waals surface area contributed by atoms with Crippen LogP contribution in [0.2, 0.25) is 0 Å². The summed E-state index contributed by atoms with van der Waals surface area (Å²) in [6.07, 6.45) is 0. The Morgan fingerprint density at radius 3 is 2.67 bits per heavy atom. The summed E-state index contributed by atoms with van der Waals surface area (Å²) in [5.74, 6) is 0. The van der Waals surface area contributed by atoms with E-state index in [1.54, 1.807) is 0 Å². The molecule has 0 unspecified atom stereocenters. The minimum Gasteiger partial charge on any atom is -0.308 e. The molecular weight excluding hydrogens is 184 g/mol. The lowest BCUT2D eigenvalue weighted by Gasteiger charge is -2.36. The van der Waals surface area contributed by atoms with Crippen molar-refractivity contribution in [2.24, 2.45) is 0 Å². The molecule has 15 heavy (non-hydrogen) atoms. The predicted molar refractivity (Wildman–Crippen MR) is 63.9 cm³/mol. The first-order valence-electron chi connectivity index (χ1n) is 5.80. The van der Waals surface area contributed by atoms with Crippen molar-refractivity contribution in [3.63, 3.8) is 0 Å². The summed E-state index contributed by atoms with van der Waals surface area (Å²) in [5.41, 5.74) is 1.41. The van der Waals surface area contributed by atoms with Crippen LogP contribution in [0.4, 0.5) is 0 Å². The molecule has 0 aromatic heterocycles. The molecule has 82 valence electrons. The molecule has 1 saturated heterocycles. The molecule has 1 aromatic rings. The van der Waals surface area contributed by atoms with Crippen molar-refractivity contribution in [3.8, 4) is 0 Å². The van der Waals surface area contributed by atoms with Gasteiger partial charge in [0.1, 0.15) is 0 Å². The Kier molecular flexibility index (Phi) is 3.39. The van der Waals surface area contributed by atoms with Crippen LogP contribution in [-0.4, -0.2) is 30.6 Å². The molecule has 0 saturated carbocycles. The van der Waals surface area contributed by atoms with Gasteiger partial charge in [0.15, 0.2) is 0 Å². The highest BCUT2D eigenvalue weighted by molar-refractivity contribution is 5.19. The lowest BCUT2D eigenvalue weighted by molar-refractivity contribution is 0.162. The van der Waals surface area contributed by atoms with Crippen molar-refractivity contribution in [1.29, 1.82) is 0 Å². The molecule has 1 aliphatic rings. The molecule has 0 radical (unpaired) electrons. The van der Waals surface area contributed by atoms with Gasteiger partial charge >= 0.3 is 0 Å². The fourth-order valence-corrected chi connectivity index (χ4v) is 2.15. The number of piperazine rings is 1. The standard InChI is InChI=1S/C13H20N2/c1-11(2)15-9-8-14-13(10-15)12-6-4-3-5-7-12/h3-7,11,13-14H,8-10H2,1-2H3/t13-/m0/s1. The van der Waals surface area contributed by atoms with Gasteiger partial charge in [0.25, 0.3) is 0 Å². The lowest BCUT2D eigenvalue weighted by Crippen LogP contribution is -2.48. The molecule has 1 atom stereocenters. The Bertz CT molecular complexity index is 295. The van der Waals surface area contributed by atoms with E-state index in [0.717, 1.165) is 13.1 Å². The fourth-order valence-electron chi connectivity index (χ4n) is 2.15. The average Bonchev–Trinajstić information content (AvgIpc) is 2.30. The van der Waals surface area contributed by atoms with Crippen molar-refractivity contribution < 1.29 is 0 Å². The van der Waals surface area contributed by atoms with Gasteiger partial charge in [-0.15, -0.1) is 0 Å². The van der Waals surface area contributed by atoms with Crippen LogP contribution in [0.3, 0.4) is 0 Å². The van der Waals surface area contributed by atoms with Crippen molar-refractivity contribution in [3.05, 3.63) is 35.9 Å². The van der Waals surface area contributed by atoms with E-state index >= 15 is 0 Å². The van der Waals surface area contributed by atoms with Gasteiger partial charge in [-0.25, -0.2) is 0 Å². The molecule has 1 N–H and O–H groups in total. The number of hydrogen-bond donors (Lipinski definition) is 1. The molecule has 0 bridgehead atoms. The molecule has 2 nitrogen and oxygen atoms in total. The highest BCUT2D eigenvalue weighted by Gasteiger charge is 2.21. The molecule has 1 heterocycles. The molecule has 1 aromatic carbocycles. The van der Waals surface area contributed by atoms with Crippen LogP contribution in [-0.2, 0) is 0 Å². The quantitative estimate of drug-likeness (QED) is 0.793. The third kappa shape index (κ3) is 2.58. The van der Waals surface area contributed by atoms with E-state index in [2.05, 4.69) is 54.4 Å². The SMILES string of the molecule is CC(C)N1CCN[C@H](c2ccccc2)C1. The van der Waals surface area contributed by atoms with Gasteiger partial charge in [-0.3, -0.25) is 4.90 Å². The van der Waals surface area contributed by atoms with E-state index in [1.807, 2.05) is 0 Å². The minimum absolute atomic E-state index is 0.502. The summed E-state index contributed by atoms with van der Waals surface area (Å²) in [6, 6.07) is 11.9. The van der Waals surface area contributed by atoms with Gasteiger partial charge in [0.2, 0.25) is 0 Å². The molecule has 1 fully saturated rings. The summed E-state index contributed by atoms with van der Waals surface area (Å²) in [4.78, 5) is 2.54. The molecular formula is C13H20N2. The van der Waals surface area contributed by atoms with Crippen LogP contribution < -0.4 is 5.32 Å². The van der Waals surface area contributed by atoms with Gasteiger partial charge in [-0.2, -0.15) is 0 Å². The maximum absolute atomic E-state index is 3.58. The largest absolute Gasteiger partial charge is 0.308 e. The topological polar surface area (TPSA) is 15.3 Å². The van der Waals surface area contributed by atoms with Crippen LogP contribution in [0.25, 0.3) is 0 Å². The Morgan fingerprint density at radius 2 is 2.00 bits per heavy atom. The predicted octanol–water partition coefficient (Wildman–Crippen LogP) is 2.04. The smallest absolute Gasteiger partial charge is 0.0449 e. The van der Waals surface area contributed by atoms with Gasteiger partial charge < -0.3 is 5.32 Å². The summed E-state index contributed by atoms with van der Waals surface area (Å²) in [5, 5.41) is 3.58. The average molecular weight is 204 g/mol. The van der Waals surface area contributed by atoms with E-state index in [1.165, 1.54) is 12.1 Å². The lowest BCUT2D eigenvalue weighted by atomic mass is 10.0. The summed E-state index contributed by atoms with van der Waals surface area (Å²) < 4.78 is 0. The Labute approximate surface area is 92.3 Å². The molecule has 0 spiro atoms. The monoisotopic (exact) mass is 204 g/mol. The van der Waals surface area contributed by atoms with Crippen LogP contribution in [0.1, 0.15) is 25.5 Å². The third-order valence-corrected chi connectivity index (χ3v) is 3.14. The fraction of sp³-hybridized carbons (Fsp3) is 0.538. The first kappa shape index (κ1) is 10.7. The normalized spacial score (nSPS) is 23.3. The molecule has 0 aliphatic carbocycles. The third-order valence-electron chi connectivity index (χ3n) is 3.14. The van der Waals surface area contributed by atoms with Crippen molar-refractivity contribution in [1.82, 2.24) is 10.2 Å². The summed E-state index contributed by atoms with van der Waals surface area (Å²) in [6.45, 7) is 7.93. The van der Waals surface area contributed by atoms with Crippen LogP contribution in [0.15, 0.2) is 30.3 Å². The molecule has 2 heteroatoms. The maximum Gasteiger partial charge on any atom is 0.0449 e. The van der Waals surface area contributed by atoms with Crippen LogP contribution in [0, 0.1) is 0 Å². The van der Waals surface area contributed by atoms with Gasteiger partial charge in [-0.05, 0) is 19.4 Å². The second kappa shape index (κ2) is 4.77. The van der Waals surface area contributed by atoms with E-state index < -0.39 is 0 Å². The first-order chi connectivity index (χ1) is 7.27. The number of nitrogens with one attached hydrogen (secondary N) is 1. The van der Waals surface area contributed by atoms with Gasteiger partial charge in [0.05, 0.1) is 0 Å². The number of benzene rings is 1. The number of nitrogens with zero attached hydrogens (tertiary/aromatic N) is 1. The van der Waals surface area contributed by atoms with E-state index in [4.69, 9.17) is 0 Å². The zero-order valence-electron chi connectivity index (χ0n) is 9.61. The highest BCUT2D eigenvalue weighted by atomic mass is 15.2. The van der Waals surface area contributed by atoms with Crippen LogP contribution >= 0.6 is 0 Å². The zero-order chi connectivity index (χ0) is 10.7. The van der Waals surface area contributed by atoms with E-state index in [9.17, 15) is 0 Å². The van der Waals surface area contributed by atoms with Crippen molar-refractivity contribution in [2.75, 3.05) is 19.6 Å². The van der Waals surface area contributed by atoms with Crippen LogP contribution in [0.5, 0.6) is 0 Å². The van der Waals surface area contributed by atoms with E-state index in [-0.39, 0.29) is 0 Å².